The maximum atomic E-state index is 12.0. The number of nitrogens with zero attached hydrogens (tertiary/aromatic N) is 1. The van der Waals surface area contributed by atoms with Gasteiger partial charge in [0.15, 0.2) is 5.78 Å². The van der Waals surface area contributed by atoms with E-state index < -0.39 is 0 Å². The van der Waals surface area contributed by atoms with Crippen molar-refractivity contribution in [1.29, 1.82) is 0 Å². The third kappa shape index (κ3) is 4.37. The van der Waals surface area contributed by atoms with Gasteiger partial charge in [-0.1, -0.05) is 48.0 Å². The molecule has 4 heteroatoms. The van der Waals surface area contributed by atoms with Crippen LogP contribution in [0.5, 0.6) is 0 Å². The Morgan fingerprint density at radius 2 is 1.79 bits per heavy atom. The second-order valence-corrected chi connectivity index (χ2v) is 6.52. The molecule has 0 spiro atoms. The maximum absolute atomic E-state index is 12.0. The smallest absolute Gasteiger partial charge is 0.188 e. The lowest BCUT2D eigenvalue weighted by molar-refractivity contribution is 0.0726. The van der Waals surface area contributed by atoms with Crippen LogP contribution >= 0.6 is 11.6 Å². The molecule has 3 nitrogen and oxygen atoms in total. The molecule has 1 aliphatic heterocycles. The van der Waals surface area contributed by atoms with Gasteiger partial charge in [0.05, 0.1) is 17.3 Å². The van der Waals surface area contributed by atoms with Gasteiger partial charge in [-0.05, 0) is 37.0 Å². The number of benzene rings is 2. The average Bonchev–Trinajstić information content (AvgIpc) is 2.63. The highest BCUT2D eigenvalue weighted by molar-refractivity contribution is 6.33. The highest BCUT2D eigenvalue weighted by atomic mass is 35.5. The van der Waals surface area contributed by atoms with Crippen molar-refractivity contribution in [3.8, 4) is 0 Å². The number of carbonyl (C=O) groups is 1. The summed E-state index contributed by atoms with van der Waals surface area (Å²) in [6.45, 7) is 2.61. The van der Waals surface area contributed by atoms with Crippen molar-refractivity contribution >= 4 is 23.1 Å². The Morgan fingerprint density at radius 3 is 2.50 bits per heavy atom. The lowest BCUT2D eigenvalue weighted by atomic mass is 10.1. The highest BCUT2D eigenvalue weighted by Gasteiger charge is 2.14. The van der Waals surface area contributed by atoms with E-state index in [1.54, 1.807) is 12.1 Å². The van der Waals surface area contributed by atoms with Gasteiger partial charge in [-0.15, -0.1) is 0 Å². The lowest BCUT2D eigenvalue weighted by Crippen LogP contribution is -2.29. The van der Waals surface area contributed by atoms with E-state index in [9.17, 15) is 4.79 Å². The Hall–Kier alpha value is -1.84. The zero-order valence-corrected chi connectivity index (χ0v) is 14.5. The summed E-state index contributed by atoms with van der Waals surface area (Å²) >= 11 is 6.44. The van der Waals surface area contributed by atoms with Crippen LogP contribution in [0.4, 0.5) is 5.69 Å². The number of halogens is 1. The predicted molar refractivity (Wildman–Crippen MR) is 97.9 cm³/mol. The molecule has 0 aliphatic carbocycles. The minimum absolute atomic E-state index is 0.00775. The molecule has 24 heavy (non-hydrogen) atoms. The number of Topliss-reactive ketones (excluding diaryl/α,β-unsaturated/α-hetero) is 1. The molecule has 2 aromatic rings. The molecule has 3 rings (SSSR count). The standard InChI is InChI=1S/C20H22ClNO2/c21-18-13-16(9-10-19(18)22-11-5-2-6-12-22)14-24-15-20(23)17-7-3-1-4-8-17/h1,3-4,7-10,13H,2,5-6,11-12,14-15H2. The van der Waals surface area contributed by atoms with Gasteiger partial charge in [-0.2, -0.15) is 0 Å². The summed E-state index contributed by atoms with van der Waals surface area (Å²) in [7, 11) is 0. The van der Waals surface area contributed by atoms with Crippen LogP contribution < -0.4 is 4.90 Å². The summed E-state index contributed by atoms with van der Waals surface area (Å²) in [6.07, 6.45) is 3.75. The summed E-state index contributed by atoms with van der Waals surface area (Å²) in [5, 5.41) is 0.757. The van der Waals surface area contributed by atoms with Crippen LogP contribution in [-0.2, 0) is 11.3 Å². The first-order valence-corrected chi connectivity index (χ1v) is 8.81. The molecule has 1 aliphatic rings. The van der Waals surface area contributed by atoms with Crippen LogP contribution in [0, 0.1) is 0 Å². The SMILES string of the molecule is O=C(COCc1ccc(N2CCCCC2)c(Cl)c1)c1ccccc1. The number of ether oxygens (including phenoxy) is 1. The minimum Gasteiger partial charge on any atom is -0.370 e. The Bertz CT molecular complexity index is 681. The molecular formula is C20H22ClNO2. The number of carbonyl (C=O) groups excluding carboxylic acids is 1. The molecule has 1 fully saturated rings. The molecule has 0 saturated carbocycles. The summed E-state index contributed by atoms with van der Waals surface area (Å²) in [4.78, 5) is 14.3. The molecule has 1 heterocycles. The minimum atomic E-state index is -0.00775. The zero-order valence-electron chi connectivity index (χ0n) is 13.7. The molecule has 0 amide bonds. The van der Waals surface area contributed by atoms with Gasteiger partial charge in [-0.3, -0.25) is 4.79 Å². The van der Waals surface area contributed by atoms with Crippen molar-refractivity contribution in [1.82, 2.24) is 0 Å². The van der Waals surface area contributed by atoms with E-state index >= 15 is 0 Å². The third-order valence-corrected chi connectivity index (χ3v) is 4.61. The van der Waals surface area contributed by atoms with Crippen LogP contribution in [0.2, 0.25) is 5.02 Å². The maximum Gasteiger partial charge on any atom is 0.188 e. The van der Waals surface area contributed by atoms with E-state index in [-0.39, 0.29) is 12.4 Å². The molecule has 1 saturated heterocycles. The van der Waals surface area contributed by atoms with Crippen LogP contribution in [0.3, 0.4) is 0 Å². The van der Waals surface area contributed by atoms with Gasteiger partial charge in [0.25, 0.3) is 0 Å². The fourth-order valence-electron chi connectivity index (χ4n) is 3.00. The van der Waals surface area contributed by atoms with Crippen LogP contribution in [0.25, 0.3) is 0 Å². The molecule has 0 aromatic heterocycles. The fourth-order valence-corrected chi connectivity index (χ4v) is 3.32. The van der Waals surface area contributed by atoms with Crippen molar-refractivity contribution in [3.05, 3.63) is 64.7 Å². The molecule has 0 bridgehead atoms. The number of hydrogen-bond acceptors (Lipinski definition) is 3. The average molecular weight is 344 g/mol. The van der Waals surface area contributed by atoms with E-state index in [0.717, 1.165) is 29.4 Å². The van der Waals surface area contributed by atoms with E-state index in [1.807, 2.05) is 30.3 Å². The van der Waals surface area contributed by atoms with Crippen molar-refractivity contribution < 1.29 is 9.53 Å². The largest absolute Gasteiger partial charge is 0.370 e. The first-order valence-electron chi connectivity index (χ1n) is 8.43. The molecule has 0 radical (unpaired) electrons. The van der Waals surface area contributed by atoms with Gasteiger partial charge in [0.2, 0.25) is 0 Å². The van der Waals surface area contributed by atoms with Crippen molar-refractivity contribution in [2.45, 2.75) is 25.9 Å². The zero-order chi connectivity index (χ0) is 16.8. The Morgan fingerprint density at radius 1 is 1.04 bits per heavy atom. The van der Waals surface area contributed by atoms with Gasteiger partial charge in [-0.25, -0.2) is 0 Å². The van der Waals surface area contributed by atoms with Crippen LogP contribution in [0.1, 0.15) is 35.2 Å². The Labute approximate surface area is 148 Å². The first kappa shape index (κ1) is 17.0. The second-order valence-electron chi connectivity index (χ2n) is 6.12. The van der Waals surface area contributed by atoms with Crippen molar-refractivity contribution in [2.75, 3.05) is 24.6 Å². The monoisotopic (exact) mass is 343 g/mol. The quantitative estimate of drug-likeness (QED) is 0.710. The summed E-state index contributed by atoms with van der Waals surface area (Å²) in [6, 6.07) is 15.2. The van der Waals surface area contributed by atoms with E-state index in [2.05, 4.69) is 11.0 Å². The number of hydrogen-bond donors (Lipinski definition) is 0. The number of ketones is 1. The highest BCUT2D eigenvalue weighted by Crippen LogP contribution is 2.29. The van der Waals surface area contributed by atoms with Gasteiger partial charge >= 0.3 is 0 Å². The number of rotatable bonds is 6. The van der Waals surface area contributed by atoms with Crippen LogP contribution in [0.15, 0.2) is 48.5 Å². The molecule has 2 aromatic carbocycles. The van der Waals surface area contributed by atoms with Crippen molar-refractivity contribution in [2.24, 2.45) is 0 Å². The molecule has 0 N–H and O–H groups in total. The Balaban J connectivity index is 1.54. The first-order chi connectivity index (χ1) is 11.7. The normalized spacial score (nSPS) is 14.6. The van der Waals surface area contributed by atoms with E-state index in [0.29, 0.717) is 12.2 Å². The van der Waals surface area contributed by atoms with E-state index in [4.69, 9.17) is 16.3 Å². The van der Waals surface area contributed by atoms with Gasteiger partial charge in [0.1, 0.15) is 6.61 Å². The number of piperidine rings is 1. The van der Waals surface area contributed by atoms with E-state index in [1.165, 1.54) is 19.3 Å². The topological polar surface area (TPSA) is 29.5 Å². The van der Waals surface area contributed by atoms with Gasteiger partial charge in [0, 0.05) is 18.7 Å². The van der Waals surface area contributed by atoms with Gasteiger partial charge < -0.3 is 9.64 Å². The van der Waals surface area contributed by atoms with Crippen molar-refractivity contribution in [3.63, 3.8) is 0 Å². The molecular weight excluding hydrogens is 322 g/mol. The summed E-state index contributed by atoms with van der Waals surface area (Å²) in [5.41, 5.74) is 2.76. The Kier molecular flexibility index (Phi) is 5.89. The lowest BCUT2D eigenvalue weighted by Gasteiger charge is -2.29. The predicted octanol–water partition coefficient (Wildman–Crippen LogP) is 4.73. The van der Waals surface area contributed by atoms with Crippen LogP contribution in [-0.4, -0.2) is 25.5 Å². The molecule has 0 unspecified atom stereocenters. The molecule has 0 atom stereocenters. The molecule has 126 valence electrons. The second kappa shape index (κ2) is 8.32. The number of anilines is 1. The third-order valence-electron chi connectivity index (χ3n) is 4.31. The summed E-state index contributed by atoms with van der Waals surface area (Å²) < 4.78 is 5.55. The fraction of sp³-hybridized carbons (Fsp3) is 0.350. The summed E-state index contributed by atoms with van der Waals surface area (Å²) in [5.74, 6) is -0.00775.